The van der Waals surface area contributed by atoms with Crippen LogP contribution in [-0.2, 0) is 6.61 Å². The Hall–Kier alpha value is -0.990. The molecule has 2 nitrogen and oxygen atoms in total. The molecule has 0 saturated heterocycles. The fraction of sp³-hybridized carbons (Fsp3) is 0.273. The molecule has 0 bridgehead atoms. The van der Waals surface area contributed by atoms with Gasteiger partial charge in [-0.15, -0.1) is 6.58 Å². The molecule has 76 valence electrons. The first-order chi connectivity index (χ1) is 6.77. The van der Waals surface area contributed by atoms with Gasteiger partial charge in [0, 0.05) is 0 Å². The number of hydrogen-bond acceptors (Lipinski definition) is 2. The Bertz CT molecular complexity index is 310. The second kappa shape index (κ2) is 5.68. The first kappa shape index (κ1) is 11.1. The van der Waals surface area contributed by atoms with Crippen molar-refractivity contribution in [3.05, 3.63) is 41.4 Å². The van der Waals surface area contributed by atoms with Crippen LogP contribution < -0.4 is 4.74 Å². The summed E-state index contributed by atoms with van der Waals surface area (Å²) in [6.07, 6.45) is 2.58. The van der Waals surface area contributed by atoms with Gasteiger partial charge in [0.2, 0.25) is 0 Å². The minimum Gasteiger partial charge on any atom is -0.492 e. The van der Waals surface area contributed by atoms with E-state index in [1.54, 1.807) is 24.3 Å². The molecule has 1 aromatic rings. The maximum absolute atomic E-state index is 8.85. The van der Waals surface area contributed by atoms with Gasteiger partial charge in [-0.05, 0) is 24.1 Å². The molecule has 1 aromatic carbocycles. The van der Waals surface area contributed by atoms with Crippen molar-refractivity contribution in [2.45, 2.75) is 13.0 Å². The van der Waals surface area contributed by atoms with Crippen LogP contribution in [0, 0.1) is 0 Å². The smallest absolute Gasteiger partial charge is 0.137 e. The Morgan fingerprint density at radius 2 is 2.29 bits per heavy atom. The average Bonchev–Trinajstić information content (AvgIpc) is 2.20. The second-order valence-corrected chi connectivity index (χ2v) is 3.26. The minimum atomic E-state index is -0.00728. The largest absolute Gasteiger partial charge is 0.492 e. The maximum atomic E-state index is 8.85. The maximum Gasteiger partial charge on any atom is 0.137 e. The number of ether oxygens (including phenoxy) is 1. The average molecular weight is 213 g/mol. The van der Waals surface area contributed by atoms with E-state index < -0.39 is 0 Å². The standard InChI is InChI=1S/C11H13ClO2/c1-2-3-6-14-11-5-4-9(8-13)7-10(11)12/h2,4-5,7,13H,1,3,6,8H2. The van der Waals surface area contributed by atoms with Crippen molar-refractivity contribution in [1.29, 1.82) is 0 Å². The van der Waals surface area contributed by atoms with Crippen LogP contribution in [0.4, 0.5) is 0 Å². The van der Waals surface area contributed by atoms with E-state index in [0.717, 1.165) is 12.0 Å². The van der Waals surface area contributed by atoms with Crippen molar-refractivity contribution in [1.82, 2.24) is 0 Å². The fourth-order valence-corrected chi connectivity index (χ4v) is 1.27. The topological polar surface area (TPSA) is 29.5 Å². The lowest BCUT2D eigenvalue weighted by Gasteiger charge is -2.07. The lowest BCUT2D eigenvalue weighted by molar-refractivity contribution is 0.281. The van der Waals surface area contributed by atoms with Gasteiger partial charge in [0.25, 0.3) is 0 Å². The highest BCUT2D eigenvalue weighted by Crippen LogP contribution is 2.25. The molecule has 1 N–H and O–H groups in total. The molecule has 0 saturated carbocycles. The molecule has 0 heterocycles. The van der Waals surface area contributed by atoms with Gasteiger partial charge in [0.05, 0.1) is 18.2 Å². The SMILES string of the molecule is C=CCCOc1ccc(CO)cc1Cl. The van der Waals surface area contributed by atoms with Crippen LogP contribution >= 0.6 is 11.6 Å². The molecule has 0 atom stereocenters. The van der Waals surface area contributed by atoms with E-state index in [9.17, 15) is 0 Å². The molecule has 0 radical (unpaired) electrons. The van der Waals surface area contributed by atoms with Crippen molar-refractivity contribution < 1.29 is 9.84 Å². The molecular weight excluding hydrogens is 200 g/mol. The summed E-state index contributed by atoms with van der Waals surface area (Å²) in [5.74, 6) is 0.644. The van der Waals surface area contributed by atoms with Gasteiger partial charge >= 0.3 is 0 Å². The molecule has 1 rings (SSSR count). The van der Waals surface area contributed by atoms with Crippen molar-refractivity contribution in [3.8, 4) is 5.75 Å². The van der Waals surface area contributed by atoms with E-state index in [1.807, 2.05) is 0 Å². The number of rotatable bonds is 5. The van der Waals surface area contributed by atoms with Gasteiger partial charge < -0.3 is 9.84 Å². The lowest BCUT2D eigenvalue weighted by Crippen LogP contribution is -1.96. The van der Waals surface area contributed by atoms with E-state index in [4.69, 9.17) is 21.4 Å². The summed E-state index contributed by atoms with van der Waals surface area (Å²) in [4.78, 5) is 0. The summed E-state index contributed by atoms with van der Waals surface area (Å²) in [5, 5.41) is 9.38. The Morgan fingerprint density at radius 3 is 2.86 bits per heavy atom. The Kier molecular flexibility index (Phi) is 4.50. The molecule has 0 aromatic heterocycles. The van der Waals surface area contributed by atoms with Gasteiger partial charge in [-0.25, -0.2) is 0 Å². The van der Waals surface area contributed by atoms with Gasteiger partial charge in [-0.3, -0.25) is 0 Å². The Labute approximate surface area is 88.8 Å². The van der Waals surface area contributed by atoms with Crippen LogP contribution in [0.2, 0.25) is 5.02 Å². The van der Waals surface area contributed by atoms with Crippen molar-refractivity contribution in [2.75, 3.05) is 6.61 Å². The normalized spacial score (nSPS) is 9.86. The predicted octanol–water partition coefficient (Wildman–Crippen LogP) is 2.79. The predicted molar refractivity (Wildman–Crippen MR) is 57.7 cm³/mol. The quantitative estimate of drug-likeness (QED) is 0.601. The molecule has 14 heavy (non-hydrogen) atoms. The number of hydrogen-bond donors (Lipinski definition) is 1. The molecule has 0 aliphatic heterocycles. The van der Waals surface area contributed by atoms with Crippen molar-refractivity contribution in [3.63, 3.8) is 0 Å². The highest BCUT2D eigenvalue weighted by molar-refractivity contribution is 6.32. The third kappa shape index (κ3) is 3.05. The third-order valence-electron chi connectivity index (χ3n) is 1.76. The molecule has 0 unspecified atom stereocenters. The van der Waals surface area contributed by atoms with Crippen molar-refractivity contribution >= 4 is 11.6 Å². The molecule has 0 fully saturated rings. The molecule has 0 spiro atoms. The molecule has 0 aliphatic carbocycles. The summed E-state index contributed by atoms with van der Waals surface area (Å²) < 4.78 is 5.39. The fourth-order valence-electron chi connectivity index (χ4n) is 1.01. The summed E-state index contributed by atoms with van der Waals surface area (Å²) in [5.41, 5.74) is 0.783. The van der Waals surface area contributed by atoms with E-state index in [1.165, 1.54) is 0 Å². The first-order valence-electron chi connectivity index (χ1n) is 4.41. The molecule has 0 aliphatic rings. The number of aliphatic hydroxyl groups excluding tert-OH is 1. The first-order valence-corrected chi connectivity index (χ1v) is 4.78. The summed E-state index contributed by atoms with van der Waals surface area (Å²) in [6.45, 7) is 4.16. The zero-order valence-corrected chi connectivity index (χ0v) is 8.63. The van der Waals surface area contributed by atoms with Gasteiger partial charge in [-0.2, -0.15) is 0 Å². The number of benzene rings is 1. The Balaban J connectivity index is 2.63. The van der Waals surface area contributed by atoms with E-state index in [2.05, 4.69) is 6.58 Å². The molecule has 3 heteroatoms. The lowest BCUT2D eigenvalue weighted by atomic mass is 10.2. The van der Waals surface area contributed by atoms with Crippen LogP contribution in [0.5, 0.6) is 5.75 Å². The van der Waals surface area contributed by atoms with Crippen LogP contribution in [0.3, 0.4) is 0 Å². The highest BCUT2D eigenvalue weighted by Gasteiger charge is 2.01. The van der Waals surface area contributed by atoms with E-state index in [-0.39, 0.29) is 6.61 Å². The van der Waals surface area contributed by atoms with Gasteiger partial charge in [0.15, 0.2) is 0 Å². The van der Waals surface area contributed by atoms with E-state index in [0.29, 0.717) is 17.4 Å². The summed E-state index contributed by atoms with van der Waals surface area (Å²) in [6, 6.07) is 5.25. The minimum absolute atomic E-state index is 0.00728. The second-order valence-electron chi connectivity index (χ2n) is 2.85. The van der Waals surface area contributed by atoms with Gasteiger partial charge in [-0.1, -0.05) is 23.7 Å². The zero-order chi connectivity index (χ0) is 10.4. The van der Waals surface area contributed by atoms with Crippen LogP contribution in [0.25, 0.3) is 0 Å². The number of halogens is 1. The molecular formula is C11H13ClO2. The summed E-state index contributed by atoms with van der Waals surface area (Å²) >= 11 is 5.93. The zero-order valence-electron chi connectivity index (χ0n) is 7.87. The number of aliphatic hydroxyl groups is 1. The summed E-state index contributed by atoms with van der Waals surface area (Å²) in [7, 11) is 0. The highest BCUT2D eigenvalue weighted by atomic mass is 35.5. The monoisotopic (exact) mass is 212 g/mol. The van der Waals surface area contributed by atoms with Crippen LogP contribution in [0.1, 0.15) is 12.0 Å². The van der Waals surface area contributed by atoms with Gasteiger partial charge in [0.1, 0.15) is 5.75 Å². The van der Waals surface area contributed by atoms with Crippen LogP contribution in [-0.4, -0.2) is 11.7 Å². The van der Waals surface area contributed by atoms with Crippen molar-refractivity contribution in [2.24, 2.45) is 0 Å². The molecule has 0 amide bonds. The third-order valence-corrected chi connectivity index (χ3v) is 2.05. The van der Waals surface area contributed by atoms with E-state index >= 15 is 0 Å². The van der Waals surface area contributed by atoms with Crippen LogP contribution in [0.15, 0.2) is 30.9 Å². The Morgan fingerprint density at radius 1 is 1.50 bits per heavy atom.